The number of rotatable bonds is 2. The maximum absolute atomic E-state index is 10.5. The van der Waals surface area contributed by atoms with Gasteiger partial charge >= 0.3 is 0 Å². The van der Waals surface area contributed by atoms with E-state index < -0.39 is 0 Å². The lowest BCUT2D eigenvalue weighted by Crippen LogP contribution is -1.87. The van der Waals surface area contributed by atoms with Crippen molar-refractivity contribution in [1.82, 2.24) is 0 Å². The van der Waals surface area contributed by atoms with Crippen LogP contribution in [-0.2, 0) is 0 Å². The summed E-state index contributed by atoms with van der Waals surface area (Å²) >= 11 is 0. The SMILES string of the molecule is Oc1c(Oc2cccc3ccccc23)ccc2ccccc12. The molecule has 0 unspecified atom stereocenters. The van der Waals surface area contributed by atoms with Crippen LogP contribution in [0.2, 0.25) is 0 Å². The Kier molecular flexibility index (Phi) is 2.94. The van der Waals surface area contributed by atoms with Crippen molar-refractivity contribution in [2.75, 3.05) is 0 Å². The summed E-state index contributed by atoms with van der Waals surface area (Å²) in [6.45, 7) is 0. The molecular weight excluding hydrogens is 272 g/mol. The first-order valence-corrected chi connectivity index (χ1v) is 7.19. The molecule has 0 saturated carbocycles. The molecule has 0 atom stereocenters. The standard InChI is InChI=1S/C20H14O2/c21-20-17-10-4-2-7-15(17)12-13-19(20)22-18-11-5-8-14-6-1-3-9-16(14)18/h1-13,21H. The van der Waals surface area contributed by atoms with Gasteiger partial charge in [0.05, 0.1) is 0 Å². The van der Waals surface area contributed by atoms with Gasteiger partial charge in [0.2, 0.25) is 0 Å². The van der Waals surface area contributed by atoms with Crippen molar-refractivity contribution in [2.24, 2.45) is 0 Å². The Labute approximate surface area is 128 Å². The van der Waals surface area contributed by atoms with Crippen LogP contribution in [0.3, 0.4) is 0 Å². The van der Waals surface area contributed by atoms with Gasteiger partial charge in [0.25, 0.3) is 0 Å². The molecule has 0 amide bonds. The molecule has 4 aromatic carbocycles. The number of benzene rings is 4. The highest BCUT2D eigenvalue weighted by Gasteiger charge is 2.09. The highest BCUT2D eigenvalue weighted by molar-refractivity contribution is 5.91. The predicted octanol–water partition coefficient (Wildman–Crippen LogP) is 5.49. The molecule has 4 aromatic rings. The van der Waals surface area contributed by atoms with E-state index in [-0.39, 0.29) is 5.75 Å². The minimum Gasteiger partial charge on any atom is -0.504 e. The van der Waals surface area contributed by atoms with E-state index in [1.165, 1.54) is 0 Å². The largest absolute Gasteiger partial charge is 0.504 e. The number of hydrogen-bond acceptors (Lipinski definition) is 2. The quantitative estimate of drug-likeness (QED) is 0.528. The molecule has 0 fully saturated rings. The van der Waals surface area contributed by atoms with Crippen molar-refractivity contribution >= 4 is 21.5 Å². The molecule has 0 aliphatic carbocycles. The van der Waals surface area contributed by atoms with Crippen LogP contribution in [-0.4, -0.2) is 5.11 Å². The molecule has 2 heteroatoms. The number of ether oxygens (including phenoxy) is 1. The van der Waals surface area contributed by atoms with E-state index in [4.69, 9.17) is 4.74 Å². The molecule has 0 heterocycles. The number of phenolic OH excluding ortho intramolecular Hbond substituents is 1. The fraction of sp³-hybridized carbons (Fsp3) is 0. The lowest BCUT2D eigenvalue weighted by Gasteiger charge is -2.11. The summed E-state index contributed by atoms with van der Waals surface area (Å²) in [6, 6.07) is 25.4. The van der Waals surface area contributed by atoms with E-state index in [0.29, 0.717) is 5.75 Å². The van der Waals surface area contributed by atoms with E-state index in [1.54, 1.807) is 6.07 Å². The van der Waals surface area contributed by atoms with Gasteiger partial charge in [-0.15, -0.1) is 0 Å². The number of phenols is 1. The second-order valence-corrected chi connectivity index (χ2v) is 5.21. The first-order chi connectivity index (χ1) is 10.8. The van der Waals surface area contributed by atoms with Crippen molar-refractivity contribution in [3.63, 3.8) is 0 Å². The number of hydrogen-bond donors (Lipinski definition) is 1. The summed E-state index contributed by atoms with van der Waals surface area (Å²) in [4.78, 5) is 0. The second kappa shape index (κ2) is 5.08. The average Bonchev–Trinajstić information content (AvgIpc) is 2.58. The van der Waals surface area contributed by atoms with Crippen molar-refractivity contribution in [2.45, 2.75) is 0 Å². The maximum Gasteiger partial charge on any atom is 0.169 e. The summed E-state index contributed by atoms with van der Waals surface area (Å²) in [5, 5.41) is 14.4. The lowest BCUT2D eigenvalue weighted by molar-refractivity contribution is 0.418. The van der Waals surface area contributed by atoms with Crippen LogP contribution < -0.4 is 4.74 Å². The van der Waals surface area contributed by atoms with Crippen LogP contribution in [0, 0.1) is 0 Å². The third kappa shape index (κ3) is 2.06. The Bertz CT molecular complexity index is 968. The molecule has 0 aliphatic rings. The highest BCUT2D eigenvalue weighted by Crippen LogP contribution is 2.38. The van der Waals surface area contributed by atoms with Crippen LogP contribution >= 0.6 is 0 Å². The van der Waals surface area contributed by atoms with Gasteiger partial charge in [-0.1, -0.05) is 66.7 Å². The molecule has 2 nitrogen and oxygen atoms in total. The molecule has 0 aromatic heterocycles. The van der Waals surface area contributed by atoms with Gasteiger partial charge in [0, 0.05) is 10.8 Å². The number of aromatic hydroxyl groups is 1. The third-order valence-corrected chi connectivity index (χ3v) is 3.83. The van der Waals surface area contributed by atoms with Gasteiger partial charge in [0.1, 0.15) is 5.75 Å². The highest BCUT2D eigenvalue weighted by atomic mass is 16.5. The van der Waals surface area contributed by atoms with Gasteiger partial charge in [-0.25, -0.2) is 0 Å². The van der Waals surface area contributed by atoms with Crippen molar-refractivity contribution in [3.8, 4) is 17.2 Å². The van der Waals surface area contributed by atoms with Crippen LogP contribution in [0.1, 0.15) is 0 Å². The Balaban J connectivity index is 1.84. The molecule has 22 heavy (non-hydrogen) atoms. The first kappa shape index (κ1) is 12.7. The van der Waals surface area contributed by atoms with E-state index in [2.05, 4.69) is 0 Å². The van der Waals surface area contributed by atoms with Crippen LogP contribution in [0.5, 0.6) is 17.2 Å². The van der Waals surface area contributed by atoms with Crippen LogP contribution in [0.25, 0.3) is 21.5 Å². The molecule has 1 N–H and O–H groups in total. The van der Waals surface area contributed by atoms with Crippen LogP contribution in [0.15, 0.2) is 78.9 Å². The molecule has 0 radical (unpaired) electrons. The molecule has 4 rings (SSSR count). The third-order valence-electron chi connectivity index (χ3n) is 3.83. The molecule has 0 bridgehead atoms. The Hall–Kier alpha value is -3.00. The van der Waals surface area contributed by atoms with Crippen molar-refractivity contribution < 1.29 is 9.84 Å². The van der Waals surface area contributed by atoms with Crippen LogP contribution in [0.4, 0.5) is 0 Å². The second-order valence-electron chi connectivity index (χ2n) is 5.21. The summed E-state index contributed by atoms with van der Waals surface area (Å²) in [5.74, 6) is 1.38. The molecule has 0 aliphatic heterocycles. The molecule has 0 saturated heterocycles. The van der Waals surface area contributed by atoms with E-state index in [0.717, 1.165) is 27.3 Å². The van der Waals surface area contributed by atoms with Gasteiger partial charge in [-0.05, 0) is 22.9 Å². The Morgan fingerprint density at radius 3 is 2.00 bits per heavy atom. The minimum atomic E-state index is 0.172. The zero-order chi connectivity index (χ0) is 14.9. The maximum atomic E-state index is 10.5. The molecular formula is C20H14O2. The van der Waals surface area contributed by atoms with Gasteiger partial charge in [-0.3, -0.25) is 0 Å². The Morgan fingerprint density at radius 2 is 1.18 bits per heavy atom. The summed E-state index contributed by atoms with van der Waals surface area (Å²) < 4.78 is 5.98. The zero-order valence-electron chi connectivity index (χ0n) is 11.9. The summed E-state index contributed by atoms with van der Waals surface area (Å²) in [5.41, 5.74) is 0. The van der Waals surface area contributed by atoms with Gasteiger partial charge in [0.15, 0.2) is 11.5 Å². The van der Waals surface area contributed by atoms with Gasteiger partial charge in [-0.2, -0.15) is 0 Å². The van der Waals surface area contributed by atoms with Crippen molar-refractivity contribution in [1.29, 1.82) is 0 Å². The summed E-state index contributed by atoms with van der Waals surface area (Å²) in [7, 11) is 0. The van der Waals surface area contributed by atoms with E-state index in [9.17, 15) is 5.11 Å². The molecule has 106 valence electrons. The fourth-order valence-corrected chi connectivity index (χ4v) is 2.72. The molecule has 0 spiro atoms. The van der Waals surface area contributed by atoms with Gasteiger partial charge < -0.3 is 9.84 Å². The first-order valence-electron chi connectivity index (χ1n) is 7.19. The summed E-state index contributed by atoms with van der Waals surface area (Å²) in [6.07, 6.45) is 0. The topological polar surface area (TPSA) is 29.5 Å². The lowest BCUT2D eigenvalue weighted by atomic mass is 10.1. The Morgan fingerprint density at radius 1 is 0.545 bits per heavy atom. The van der Waals surface area contributed by atoms with E-state index >= 15 is 0 Å². The monoisotopic (exact) mass is 286 g/mol. The fourth-order valence-electron chi connectivity index (χ4n) is 2.72. The predicted molar refractivity (Wildman–Crippen MR) is 89.6 cm³/mol. The number of fused-ring (bicyclic) bond motifs is 2. The van der Waals surface area contributed by atoms with Crippen molar-refractivity contribution in [3.05, 3.63) is 78.9 Å². The van der Waals surface area contributed by atoms with E-state index in [1.807, 2.05) is 72.8 Å². The normalized spacial score (nSPS) is 10.9. The average molecular weight is 286 g/mol. The zero-order valence-corrected chi connectivity index (χ0v) is 11.9. The minimum absolute atomic E-state index is 0.172. The smallest absolute Gasteiger partial charge is 0.169 e.